The molecule has 3 aromatic carbocycles. The summed E-state index contributed by atoms with van der Waals surface area (Å²) < 4.78 is 6.82. The minimum atomic E-state index is -0.481. The van der Waals surface area contributed by atoms with Crippen LogP contribution in [-0.4, -0.2) is 12.5 Å². The first kappa shape index (κ1) is 19.1. The van der Waals surface area contributed by atoms with Crippen LogP contribution in [0.15, 0.2) is 83.3 Å². The van der Waals surface area contributed by atoms with Crippen molar-refractivity contribution in [3.63, 3.8) is 0 Å². The van der Waals surface area contributed by atoms with Crippen LogP contribution < -0.4 is 15.8 Å². The van der Waals surface area contributed by atoms with Crippen molar-refractivity contribution in [2.45, 2.75) is 12.5 Å². The highest BCUT2D eigenvalue weighted by Crippen LogP contribution is 2.24. The van der Waals surface area contributed by atoms with Crippen LogP contribution in [0.25, 0.3) is 0 Å². The molecule has 1 atom stereocenters. The Bertz CT molecular complexity index is 882. The summed E-state index contributed by atoms with van der Waals surface area (Å²) in [5, 5.41) is 3.23. The Morgan fingerprint density at radius 1 is 0.963 bits per heavy atom. The third-order valence-electron chi connectivity index (χ3n) is 4.13. The quantitative estimate of drug-likeness (QED) is 0.555. The molecule has 0 aliphatic carbocycles. The van der Waals surface area contributed by atoms with Gasteiger partial charge in [0.1, 0.15) is 17.5 Å². The lowest BCUT2D eigenvalue weighted by molar-refractivity contribution is -0.120. The van der Waals surface area contributed by atoms with Crippen LogP contribution in [0.4, 0.5) is 0 Å². The van der Waals surface area contributed by atoms with Crippen LogP contribution in [0.2, 0.25) is 0 Å². The molecule has 5 heteroatoms. The van der Waals surface area contributed by atoms with Crippen molar-refractivity contribution in [3.05, 3.63) is 94.5 Å². The fourth-order valence-corrected chi connectivity index (χ4v) is 3.16. The summed E-state index contributed by atoms with van der Waals surface area (Å²) in [5.74, 6) is 1.19. The maximum absolute atomic E-state index is 11.7. The number of hydrogen-bond donors (Lipinski definition) is 2. The Morgan fingerprint density at radius 2 is 1.70 bits per heavy atom. The summed E-state index contributed by atoms with van der Waals surface area (Å²) in [7, 11) is 0. The number of hydrogen-bond acceptors (Lipinski definition) is 3. The van der Waals surface area contributed by atoms with Gasteiger partial charge in [-0.1, -0.05) is 64.5 Å². The smallest absolute Gasteiger partial charge is 0.239 e. The van der Waals surface area contributed by atoms with Gasteiger partial charge in [-0.25, -0.2) is 0 Å². The number of rotatable bonds is 8. The molecule has 1 amide bonds. The molecule has 3 rings (SSSR count). The fourth-order valence-electron chi connectivity index (χ4n) is 2.78. The van der Waals surface area contributed by atoms with E-state index in [9.17, 15) is 4.79 Å². The summed E-state index contributed by atoms with van der Waals surface area (Å²) in [4.78, 5) is 11.7. The predicted octanol–water partition coefficient (Wildman–Crippen LogP) is 4.60. The number of benzene rings is 3. The molecular formula is C22H21BrN2O2. The van der Waals surface area contributed by atoms with E-state index in [-0.39, 0.29) is 5.91 Å². The Balaban J connectivity index is 1.54. The average molecular weight is 425 g/mol. The number of amides is 1. The molecule has 4 nitrogen and oxygen atoms in total. The third-order valence-corrected chi connectivity index (χ3v) is 4.63. The zero-order valence-corrected chi connectivity index (χ0v) is 16.4. The molecule has 138 valence electrons. The first-order chi connectivity index (χ1) is 13.1. The number of nitrogens with two attached hydrogens (primary N) is 1. The third kappa shape index (κ3) is 5.67. The van der Waals surface area contributed by atoms with Gasteiger partial charge in [-0.15, -0.1) is 0 Å². The monoisotopic (exact) mass is 424 g/mol. The standard InChI is InChI=1S/C22H21BrN2O2/c23-18-7-4-8-20(15-18)27-19-11-9-16(10-12-19)13-14-25-21(22(24)26)17-5-2-1-3-6-17/h1-12,15,21,25H,13-14H2,(H2,24,26)/t21-/m1/s1. The zero-order valence-electron chi connectivity index (χ0n) is 14.8. The lowest BCUT2D eigenvalue weighted by Gasteiger charge is -2.16. The summed E-state index contributed by atoms with van der Waals surface area (Å²) in [6.45, 7) is 0.647. The number of carbonyl (C=O) groups excluding carboxylic acids is 1. The van der Waals surface area contributed by atoms with Gasteiger partial charge in [-0.3, -0.25) is 4.79 Å². The molecule has 3 N–H and O–H groups in total. The van der Waals surface area contributed by atoms with Gasteiger partial charge in [-0.2, -0.15) is 0 Å². The second kappa shape index (κ2) is 9.35. The van der Waals surface area contributed by atoms with E-state index >= 15 is 0 Å². The van der Waals surface area contributed by atoms with Crippen molar-refractivity contribution >= 4 is 21.8 Å². The lowest BCUT2D eigenvalue weighted by Crippen LogP contribution is -2.34. The molecule has 0 unspecified atom stereocenters. The second-order valence-corrected chi connectivity index (χ2v) is 7.07. The average Bonchev–Trinajstić information content (AvgIpc) is 2.67. The molecule has 0 heterocycles. The highest BCUT2D eigenvalue weighted by Gasteiger charge is 2.16. The number of primary amides is 1. The van der Waals surface area contributed by atoms with Crippen molar-refractivity contribution in [1.29, 1.82) is 0 Å². The van der Waals surface area contributed by atoms with E-state index in [4.69, 9.17) is 10.5 Å². The SMILES string of the molecule is NC(=O)[C@H](NCCc1ccc(Oc2cccc(Br)c2)cc1)c1ccccc1. The second-order valence-electron chi connectivity index (χ2n) is 6.15. The normalized spacial score (nSPS) is 11.7. The van der Waals surface area contributed by atoms with Crippen LogP contribution >= 0.6 is 15.9 Å². The topological polar surface area (TPSA) is 64.4 Å². The van der Waals surface area contributed by atoms with Crippen molar-refractivity contribution in [1.82, 2.24) is 5.32 Å². The van der Waals surface area contributed by atoms with E-state index < -0.39 is 6.04 Å². The van der Waals surface area contributed by atoms with Gasteiger partial charge >= 0.3 is 0 Å². The molecular weight excluding hydrogens is 404 g/mol. The molecule has 0 aliphatic heterocycles. The highest BCUT2D eigenvalue weighted by molar-refractivity contribution is 9.10. The van der Waals surface area contributed by atoms with E-state index in [0.29, 0.717) is 6.54 Å². The first-order valence-electron chi connectivity index (χ1n) is 8.72. The molecule has 0 bridgehead atoms. The number of carbonyl (C=O) groups is 1. The largest absolute Gasteiger partial charge is 0.457 e. The molecule has 0 aromatic heterocycles. The Morgan fingerprint density at radius 3 is 2.37 bits per heavy atom. The fraction of sp³-hybridized carbons (Fsp3) is 0.136. The number of ether oxygens (including phenoxy) is 1. The molecule has 0 fully saturated rings. The summed E-state index contributed by atoms with van der Waals surface area (Å²) in [6.07, 6.45) is 0.785. The van der Waals surface area contributed by atoms with Crippen molar-refractivity contribution in [2.24, 2.45) is 5.73 Å². The Hall–Kier alpha value is -2.63. The van der Waals surface area contributed by atoms with Crippen molar-refractivity contribution < 1.29 is 9.53 Å². The molecule has 0 aliphatic rings. The van der Waals surface area contributed by atoms with Crippen LogP contribution in [0.1, 0.15) is 17.2 Å². The molecule has 0 spiro atoms. The molecule has 0 radical (unpaired) electrons. The molecule has 0 saturated heterocycles. The maximum atomic E-state index is 11.7. The van der Waals surface area contributed by atoms with Gasteiger partial charge in [-0.05, 0) is 47.9 Å². The Labute approximate surface area is 167 Å². The summed E-state index contributed by atoms with van der Waals surface area (Å²) in [5.41, 5.74) is 7.56. The van der Waals surface area contributed by atoms with E-state index in [0.717, 1.165) is 33.5 Å². The first-order valence-corrected chi connectivity index (χ1v) is 9.51. The van der Waals surface area contributed by atoms with Gasteiger partial charge < -0.3 is 15.8 Å². The van der Waals surface area contributed by atoms with Crippen LogP contribution in [-0.2, 0) is 11.2 Å². The number of nitrogens with one attached hydrogen (secondary N) is 1. The van der Waals surface area contributed by atoms with E-state index in [1.165, 1.54) is 0 Å². The minimum absolute atomic E-state index is 0.376. The van der Waals surface area contributed by atoms with Gasteiger partial charge in [0.15, 0.2) is 0 Å². The minimum Gasteiger partial charge on any atom is -0.457 e. The predicted molar refractivity (Wildman–Crippen MR) is 111 cm³/mol. The van der Waals surface area contributed by atoms with Gasteiger partial charge in [0.05, 0.1) is 0 Å². The van der Waals surface area contributed by atoms with E-state index in [1.54, 1.807) is 0 Å². The highest BCUT2D eigenvalue weighted by atomic mass is 79.9. The van der Waals surface area contributed by atoms with Crippen molar-refractivity contribution in [2.75, 3.05) is 6.54 Å². The van der Waals surface area contributed by atoms with Crippen LogP contribution in [0.5, 0.6) is 11.5 Å². The van der Waals surface area contributed by atoms with Gasteiger partial charge in [0.25, 0.3) is 0 Å². The molecule has 27 heavy (non-hydrogen) atoms. The van der Waals surface area contributed by atoms with E-state index in [1.807, 2.05) is 78.9 Å². The Kier molecular flexibility index (Phi) is 6.63. The van der Waals surface area contributed by atoms with Gasteiger partial charge in [0, 0.05) is 11.0 Å². The van der Waals surface area contributed by atoms with Crippen LogP contribution in [0.3, 0.4) is 0 Å². The summed E-state index contributed by atoms with van der Waals surface area (Å²) in [6, 6.07) is 24.7. The van der Waals surface area contributed by atoms with Gasteiger partial charge in [0.2, 0.25) is 5.91 Å². The molecule has 0 saturated carbocycles. The van der Waals surface area contributed by atoms with E-state index in [2.05, 4.69) is 21.2 Å². The molecule has 3 aromatic rings. The lowest BCUT2D eigenvalue weighted by atomic mass is 10.1. The summed E-state index contributed by atoms with van der Waals surface area (Å²) >= 11 is 3.43. The number of halogens is 1. The van der Waals surface area contributed by atoms with Crippen molar-refractivity contribution in [3.8, 4) is 11.5 Å². The zero-order chi connectivity index (χ0) is 19.1. The van der Waals surface area contributed by atoms with Crippen LogP contribution in [0, 0.1) is 0 Å². The maximum Gasteiger partial charge on any atom is 0.239 e.